The van der Waals surface area contributed by atoms with Crippen LogP contribution in [0.4, 0.5) is 0 Å². The van der Waals surface area contributed by atoms with Gasteiger partial charge in [0.15, 0.2) is 0 Å². The third-order valence-electron chi connectivity index (χ3n) is 2.21. The average Bonchev–Trinajstić information content (AvgIpc) is 2.26. The lowest BCUT2D eigenvalue weighted by Crippen LogP contribution is -2.06. The number of allylic oxidation sites excluding steroid dienone is 1. The van der Waals surface area contributed by atoms with E-state index >= 15 is 0 Å². The fourth-order valence-electron chi connectivity index (χ4n) is 1.34. The van der Waals surface area contributed by atoms with E-state index in [1.54, 1.807) is 6.92 Å². The summed E-state index contributed by atoms with van der Waals surface area (Å²) in [6.07, 6.45) is 1.22. The molecule has 7 heteroatoms. The van der Waals surface area contributed by atoms with Gasteiger partial charge >= 0.3 is 7.60 Å². The number of carbonyl (C=O) groups is 2. The summed E-state index contributed by atoms with van der Waals surface area (Å²) in [5.41, 5.74) is 4.91. The normalized spacial score (nSPS) is 12.3. The zero-order valence-corrected chi connectivity index (χ0v) is 10.4. The van der Waals surface area contributed by atoms with Gasteiger partial charge in [0.05, 0.1) is 0 Å². The first kappa shape index (κ1) is 14.3. The molecule has 0 heterocycles. The third kappa shape index (κ3) is 3.63. The molecule has 0 aliphatic rings. The van der Waals surface area contributed by atoms with Crippen molar-refractivity contribution in [2.75, 3.05) is 0 Å². The summed E-state index contributed by atoms with van der Waals surface area (Å²) < 4.78 is 10.8. The van der Waals surface area contributed by atoms with Gasteiger partial charge in [-0.15, -0.1) is 0 Å². The highest BCUT2D eigenvalue weighted by Gasteiger charge is 2.26. The SMILES string of the molecule is C/C(=C\C(N)=O)c1ccc(C(=O)P(=O)(O)O)cc1. The largest absolute Gasteiger partial charge is 0.396 e. The Bertz CT molecular complexity index is 555. The first-order valence-electron chi connectivity index (χ1n) is 4.90. The van der Waals surface area contributed by atoms with Crippen LogP contribution in [0.3, 0.4) is 0 Å². The molecule has 0 aromatic heterocycles. The van der Waals surface area contributed by atoms with Gasteiger partial charge in [0.2, 0.25) is 5.91 Å². The fraction of sp³-hybridized carbons (Fsp3) is 0.0909. The smallest absolute Gasteiger partial charge is 0.366 e. The van der Waals surface area contributed by atoms with E-state index in [1.165, 1.54) is 30.3 Å². The Hall–Kier alpha value is -1.75. The first-order valence-corrected chi connectivity index (χ1v) is 6.51. The van der Waals surface area contributed by atoms with Crippen molar-refractivity contribution in [3.63, 3.8) is 0 Å². The van der Waals surface area contributed by atoms with E-state index in [4.69, 9.17) is 15.5 Å². The van der Waals surface area contributed by atoms with Gasteiger partial charge in [0, 0.05) is 11.6 Å². The molecule has 1 aromatic carbocycles. The van der Waals surface area contributed by atoms with Gasteiger partial charge in [0.25, 0.3) is 5.52 Å². The van der Waals surface area contributed by atoms with E-state index in [1.807, 2.05) is 0 Å². The second-order valence-electron chi connectivity index (χ2n) is 3.66. The second-order valence-corrected chi connectivity index (χ2v) is 5.15. The molecule has 1 rings (SSSR count). The lowest BCUT2D eigenvalue weighted by molar-refractivity contribution is -0.113. The molecule has 0 saturated heterocycles. The molecule has 0 fully saturated rings. The lowest BCUT2D eigenvalue weighted by atomic mass is 10.1. The third-order valence-corrected chi connectivity index (χ3v) is 3.00. The molecule has 96 valence electrons. The van der Waals surface area contributed by atoms with Gasteiger partial charge in [-0.3, -0.25) is 14.2 Å². The maximum absolute atomic E-state index is 11.3. The van der Waals surface area contributed by atoms with Gasteiger partial charge < -0.3 is 15.5 Å². The Morgan fingerprint density at radius 2 is 1.61 bits per heavy atom. The minimum absolute atomic E-state index is 0.0843. The Morgan fingerprint density at radius 3 is 2.00 bits per heavy atom. The summed E-state index contributed by atoms with van der Waals surface area (Å²) in [7, 11) is -4.77. The van der Waals surface area contributed by atoms with Crippen molar-refractivity contribution < 1.29 is 23.9 Å². The molecule has 0 spiro atoms. The molecule has 18 heavy (non-hydrogen) atoms. The van der Waals surface area contributed by atoms with Crippen molar-refractivity contribution in [2.45, 2.75) is 6.92 Å². The van der Waals surface area contributed by atoms with E-state index in [0.29, 0.717) is 11.1 Å². The summed E-state index contributed by atoms with van der Waals surface area (Å²) in [5, 5.41) is 0. The van der Waals surface area contributed by atoms with Crippen LogP contribution in [-0.4, -0.2) is 21.2 Å². The molecule has 4 N–H and O–H groups in total. The summed E-state index contributed by atoms with van der Waals surface area (Å²) >= 11 is 0. The van der Waals surface area contributed by atoms with E-state index in [0.717, 1.165) is 0 Å². The van der Waals surface area contributed by atoms with Crippen LogP contribution in [0.25, 0.3) is 5.57 Å². The van der Waals surface area contributed by atoms with E-state index in [-0.39, 0.29) is 5.56 Å². The Morgan fingerprint density at radius 1 is 1.17 bits per heavy atom. The first-order chi connectivity index (χ1) is 8.21. The molecule has 0 aliphatic carbocycles. The average molecular weight is 269 g/mol. The molecule has 1 aromatic rings. The Balaban J connectivity index is 3.04. The van der Waals surface area contributed by atoms with Gasteiger partial charge in [-0.25, -0.2) is 0 Å². The molecule has 0 atom stereocenters. The van der Waals surface area contributed by atoms with Crippen molar-refractivity contribution in [3.8, 4) is 0 Å². The molecule has 6 nitrogen and oxygen atoms in total. The van der Waals surface area contributed by atoms with E-state index in [2.05, 4.69) is 0 Å². The highest BCUT2D eigenvalue weighted by atomic mass is 31.2. The van der Waals surface area contributed by atoms with Crippen molar-refractivity contribution in [1.82, 2.24) is 0 Å². The van der Waals surface area contributed by atoms with Crippen LogP contribution in [0.2, 0.25) is 0 Å². The van der Waals surface area contributed by atoms with Crippen LogP contribution < -0.4 is 5.73 Å². The van der Waals surface area contributed by atoms with E-state index in [9.17, 15) is 14.2 Å². The minimum Gasteiger partial charge on any atom is -0.366 e. The Kier molecular flexibility index (Phi) is 4.19. The van der Waals surface area contributed by atoms with Gasteiger partial charge in [-0.05, 0) is 18.1 Å². The van der Waals surface area contributed by atoms with Crippen LogP contribution in [-0.2, 0) is 9.36 Å². The number of hydrogen-bond donors (Lipinski definition) is 3. The number of benzene rings is 1. The quantitative estimate of drug-likeness (QED) is 0.554. The summed E-state index contributed by atoms with van der Waals surface area (Å²) in [5.74, 6) is -0.595. The maximum atomic E-state index is 11.3. The predicted molar refractivity (Wildman–Crippen MR) is 65.7 cm³/mol. The van der Waals surface area contributed by atoms with Crippen molar-refractivity contribution >= 4 is 24.6 Å². The monoisotopic (exact) mass is 269 g/mol. The predicted octanol–water partition coefficient (Wildman–Crippen LogP) is 0.893. The summed E-state index contributed by atoms with van der Waals surface area (Å²) in [4.78, 5) is 39.4. The second kappa shape index (κ2) is 5.27. The molecule has 0 saturated carbocycles. The van der Waals surface area contributed by atoms with Gasteiger partial charge in [0.1, 0.15) is 0 Å². The standard InChI is InChI=1S/C11H12NO5P/c1-7(6-10(12)13)8-2-4-9(5-3-8)11(14)18(15,16)17/h2-6H,1H3,(H2,12,13)(H2,15,16,17)/b7-6+. The number of rotatable bonds is 4. The van der Waals surface area contributed by atoms with Crippen molar-refractivity contribution in [1.29, 1.82) is 0 Å². The Labute approximate surface area is 103 Å². The topological polar surface area (TPSA) is 118 Å². The van der Waals surface area contributed by atoms with Crippen molar-refractivity contribution in [2.24, 2.45) is 5.73 Å². The summed E-state index contributed by atoms with van der Waals surface area (Å²) in [6, 6.07) is 5.54. The van der Waals surface area contributed by atoms with Gasteiger partial charge in [-0.2, -0.15) is 0 Å². The lowest BCUT2D eigenvalue weighted by Gasteiger charge is -2.05. The molecule has 0 radical (unpaired) electrons. The number of nitrogens with two attached hydrogens (primary N) is 1. The number of hydrogen-bond acceptors (Lipinski definition) is 3. The molecule has 1 amide bonds. The van der Waals surface area contributed by atoms with Crippen LogP contribution in [0.1, 0.15) is 22.8 Å². The van der Waals surface area contributed by atoms with Crippen LogP contribution >= 0.6 is 7.60 Å². The molecule has 0 unspecified atom stereocenters. The maximum Gasteiger partial charge on any atom is 0.396 e. The van der Waals surface area contributed by atoms with E-state index < -0.39 is 19.0 Å². The zero-order valence-electron chi connectivity index (χ0n) is 9.53. The van der Waals surface area contributed by atoms with Gasteiger partial charge in [-0.1, -0.05) is 24.3 Å². The molecular formula is C11H12NO5P. The minimum atomic E-state index is -4.77. The molecule has 0 bridgehead atoms. The highest BCUT2D eigenvalue weighted by molar-refractivity contribution is 7.70. The number of amides is 1. The zero-order chi connectivity index (χ0) is 13.9. The highest BCUT2D eigenvalue weighted by Crippen LogP contribution is 2.38. The molecular weight excluding hydrogens is 257 g/mol. The van der Waals surface area contributed by atoms with Crippen molar-refractivity contribution in [3.05, 3.63) is 41.5 Å². The van der Waals surface area contributed by atoms with Crippen LogP contribution in [0, 0.1) is 0 Å². The molecule has 0 aliphatic heterocycles. The summed E-state index contributed by atoms with van der Waals surface area (Å²) in [6.45, 7) is 1.66. The fourth-order valence-corrected chi connectivity index (χ4v) is 1.83. The van der Waals surface area contributed by atoms with Crippen LogP contribution in [0.5, 0.6) is 0 Å². The number of carbonyl (C=O) groups excluding carboxylic acids is 2. The van der Waals surface area contributed by atoms with Crippen LogP contribution in [0.15, 0.2) is 30.3 Å². The number of primary amides is 1.